The van der Waals surface area contributed by atoms with Crippen molar-refractivity contribution in [2.45, 2.75) is 39.9 Å². The van der Waals surface area contributed by atoms with E-state index in [2.05, 4.69) is 31.0 Å². The minimum atomic E-state index is 0.00483. The van der Waals surface area contributed by atoms with Crippen molar-refractivity contribution in [2.75, 3.05) is 0 Å². The first kappa shape index (κ1) is 14.0. The maximum Gasteiger partial charge on any atom is 0.140 e. The molecular formula is C15H19NO2S. The summed E-state index contributed by atoms with van der Waals surface area (Å²) in [6.45, 7) is 4.67. The van der Waals surface area contributed by atoms with Gasteiger partial charge in [-0.05, 0) is 30.5 Å². The van der Waals surface area contributed by atoms with Crippen LogP contribution in [0.2, 0.25) is 0 Å². The van der Waals surface area contributed by atoms with Gasteiger partial charge in [0.1, 0.15) is 17.4 Å². The SMILES string of the molecule is CCc1ccc(OCc2nc(CO)c(CC)s2)cc1. The Balaban J connectivity index is 1.99. The molecule has 0 unspecified atom stereocenters. The fourth-order valence-electron chi connectivity index (χ4n) is 1.86. The number of aryl methyl sites for hydroxylation is 2. The number of rotatable bonds is 6. The third kappa shape index (κ3) is 3.55. The molecule has 0 aliphatic rings. The summed E-state index contributed by atoms with van der Waals surface area (Å²) in [5.74, 6) is 0.857. The fraction of sp³-hybridized carbons (Fsp3) is 0.400. The first-order valence-corrected chi connectivity index (χ1v) is 7.38. The smallest absolute Gasteiger partial charge is 0.140 e. The monoisotopic (exact) mass is 277 g/mol. The highest BCUT2D eigenvalue weighted by molar-refractivity contribution is 7.11. The van der Waals surface area contributed by atoms with Gasteiger partial charge in [0.25, 0.3) is 0 Å². The molecule has 2 aromatic rings. The number of hydrogen-bond acceptors (Lipinski definition) is 4. The Kier molecular flexibility index (Phi) is 4.93. The third-order valence-electron chi connectivity index (χ3n) is 2.99. The molecule has 0 aliphatic carbocycles. The zero-order chi connectivity index (χ0) is 13.7. The van der Waals surface area contributed by atoms with Crippen molar-refractivity contribution in [1.82, 2.24) is 4.98 Å². The topological polar surface area (TPSA) is 42.4 Å². The molecule has 0 fully saturated rings. The molecule has 0 saturated carbocycles. The largest absolute Gasteiger partial charge is 0.486 e. The van der Waals surface area contributed by atoms with Gasteiger partial charge in [0, 0.05) is 4.88 Å². The summed E-state index contributed by atoms with van der Waals surface area (Å²) in [5.41, 5.74) is 2.09. The minimum Gasteiger partial charge on any atom is -0.486 e. The highest BCUT2D eigenvalue weighted by Crippen LogP contribution is 2.21. The Hall–Kier alpha value is -1.39. The second-order valence-corrected chi connectivity index (χ2v) is 5.44. The quantitative estimate of drug-likeness (QED) is 0.880. The predicted molar refractivity (Wildman–Crippen MR) is 77.6 cm³/mol. The van der Waals surface area contributed by atoms with Crippen molar-refractivity contribution in [3.63, 3.8) is 0 Å². The molecule has 2 rings (SSSR count). The molecule has 0 radical (unpaired) electrons. The molecule has 0 aliphatic heterocycles. The van der Waals surface area contributed by atoms with E-state index in [0.29, 0.717) is 6.61 Å². The summed E-state index contributed by atoms with van der Waals surface area (Å²) in [6.07, 6.45) is 1.94. The van der Waals surface area contributed by atoms with E-state index in [9.17, 15) is 5.11 Å². The lowest BCUT2D eigenvalue weighted by atomic mass is 10.2. The number of nitrogens with zero attached hydrogens (tertiary/aromatic N) is 1. The Morgan fingerprint density at radius 3 is 2.42 bits per heavy atom. The van der Waals surface area contributed by atoms with E-state index in [0.717, 1.165) is 34.2 Å². The van der Waals surface area contributed by atoms with Crippen LogP contribution in [-0.2, 0) is 26.1 Å². The molecule has 0 bridgehead atoms. The molecule has 0 spiro atoms. The maximum atomic E-state index is 9.21. The lowest BCUT2D eigenvalue weighted by molar-refractivity contribution is 0.274. The van der Waals surface area contributed by atoms with Gasteiger partial charge in [-0.3, -0.25) is 0 Å². The van der Waals surface area contributed by atoms with Crippen LogP contribution in [0.5, 0.6) is 5.75 Å². The number of hydrogen-bond donors (Lipinski definition) is 1. The normalized spacial score (nSPS) is 10.7. The molecule has 1 aromatic carbocycles. The van der Waals surface area contributed by atoms with Crippen LogP contribution in [0, 0.1) is 0 Å². The van der Waals surface area contributed by atoms with E-state index in [1.165, 1.54) is 5.56 Å². The van der Waals surface area contributed by atoms with Crippen molar-refractivity contribution in [2.24, 2.45) is 0 Å². The van der Waals surface area contributed by atoms with Gasteiger partial charge in [0.05, 0.1) is 12.3 Å². The standard InChI is InChI=1S/C15H19NO2S/c1-3-11-5-7-12(8-6-11)18-10-15-16-13(9-17)14(4-2)19-15/h5-8,17H,3-4,9-10H2,1-2H3. The van der Waals surface area contributed by atoms with Gasteiger partial charge in [-0.25, -0.2) is 4.98 Å². The molecule has 0 atom stereocenters. The van der Waals surface area contributed by atoms with Crippen LogP contribution in [0.15, 0.2) is 24.3 Å². The van der Waals surface area contributed by atoms with Crippen molar-refractivity contribution in [3.8, 4) is 5.75 Å². The second-order valence-electron chi connectivity index (χ2n) is 4.28. The van der Waals surface area contributed by atoms with Crippen molar-refractivity contribution >= 4 is 11.3 Å². The van der Waals surface area contributed by atoms with Gasteiger partial charge in [-0.15, -0.1) is 11.3 Å². The van der Waals surface area contributed by atoms with Crippen LogP contribution >= 0.6 is 11.3 Å². The highest BCUT2D eigenvalue weighted by Gasteiger charge is 2.09. The van der Waals surface area contributed by atoms with Gasteiger partial charge in [-0.1, -0.05) is 26.0 Å². The van der Waals surface area contributed by atoms with Crippen LogP contribution in [-0.4, -0.2) is 10.1 Å². The molecule has 3 nitrogen and oxygen atoms in total. The molecular weight excluding hydrogens is 258 g/mol. The minimum absolute atomic E-state index is 0.00483. The van der Waals surface area contributed by atoms with Crippen molar-refractivity contribution in [3.05, 3.63) is 45.4 Å². The molecule has 19 heavy (non-hydrogen) atoms. The molecule has 0 amide bonds. The third-order valence-corrected chi connectivity index (χ3v) is 4.20. The maximum absolute atomic E-state index is 9.21. The highest BCUT2D eigenvalue weighted by atomic mass is 32.1. The van der Waals surface area contributed by atoms with Crippen LogP contribution in [0.1, 0.15) is 35.0 Å². The summed E-state index contributed by atoms with van der Waals surface area (Å²) in [5, 5.41) is 10.1. The number of benzene rings is 1. The van der Waals surface area contributed by atoms with E-state index in [-0.39, 0.29) is 6.61 Å². The molecule has 1 aromatic heterocycles. The van der Waals surface area contributed by atoms with Gasteiger partial charge in [-0.2, -0.15) is 0 Å². The lowest BCUT2D eigenvalue weighted by Crippen LogP contribution is -1.96. The Morgan fingerprint density at radius 1 is 1.16 bits per heavy atom. The number of aromatic nitrogens is 1. The van der Waals surface area contributed by atoms with E-state index in [4.69, 9.17) is 4.74 Å². The zero-order valence-electron chi connectivity index (χ0n) is 11.3. The fourth-order valence-corrected chi connectivity index (χ4v) is 2.80. The summed E-state index contributed by atoms with van der Waals surface area (Å²) in [6, 6.07) is 8.13. The Bertz CT molecular complexity index is 498. The van der Waals surface area contributed by atoms with E-state index in [1.54, 1.807) is 11.3 Å². The molecule has 1 heterocycles. The number of thiazole rings is 1. The van der Waals surface area contributed by atoms with Crippen LogP contribution in [0.4, 0.5) is 0 Å². The Labute approximate surface area is 117 Å². The first-order chi connectivity index (χ1) is 9.26. The summed E-state index contributed by atoms with van der Waals surface area (Å²) in [7, 11) is 0. The van der Waals surface area contributed by atoms with Gasteiger partial charge < -0.3 is 9.84 Å². The van der Waals surface area contributed by atoms with Gasteiger partial charge in [0.2, 0.25) is 0 Å². The van der Waals surface area contributed by atoms with E-state index in [1.807, 2.05) is 12.1 Å². The van der Waals surface area contributed by atoms with Gasteiger partial charge in [0.15, 0.2) is 0 Å². The molecule has 4 heteroatoms. The summed E-state index contributed by atoms with van der Waals surface area (Å²) < 4.78 is 5.72. The van der Waals surface area contributed by atoms with E-state index >= 15 is 0 Å². The van der Waals surface area contributed by atoms with Crippen LogP contribution in [0.3, 0.4) is 0 Å². The van der Waals surface area contributed by atoms with Crippen molar-refractivity contribution in [1.29, 1.82) is 0 Å². The molecule has 1 N–H and O–H groups in total. The predicted octanol–water partition coefficient (Wildman–Crippen LogP) is 3.34. The summed E-state index contributed by atoms with van der Waals surface area (Å²) >= 11 is 1.61. The van der Waals surface area contributed by atoms with Crippen LogP contribution < -0.4 is 4.74 Å². The first-order valence-electron chi connectivity index (χ1n) is 6.56. The van der Waals surface area contributed by atoms with Crippen molar-refractivity contribution < 1.29 is 9.84 Å². The van der Waals surface area contributed by atoms with Crippen LogP contribution in [0.25, 0.3) is 0 Å². The zero-order valence-corrected chi connectivity index (χ0v) is 12.2. The number of aliphatic hydroxyl groups excluding tert-OH is 1. The average Bonchev–Trinajstić information content (AvgIpc) is 2.88. The average molecular weight is 277 g/mol. The summed E-state index contributed by atoms with van der Waals surface area (Å²) in [4.78, 5) is 5.53. The molecule has 0 saturated heterocycles. The number of ether oxygens (including phenoxy) is 1. The van der Waals surface area contributed by atoms with Gasteiger partial charge >= 0.3 is 0 Å². The lowest BCUT2D eigenvalue weighted by Gasteiger charge is -2.04. The molecule has 102 valence electrons. The van der Waals surface area contributed by atoms with E-state index < -0.39 is 0 Å². The number of aliphatic hydroxyl groups is 1. The second kappa shape index (κ2) is 6.68. The Morgan fingerprint density at radius 2 is 1.89 bits per heavy atom.